The molecule has 0 saturated heterocycles. The largest absolute Gasteiger partial charge is 0.496 e. The Morgan fingerprint density at radius 3 is 2.40 bits per heavy atom. The van der Waals surface area contributed by atoms with Crippen molar-refractivity contribution in [3.05, 3.63) is 23.5 Å². The average molecular weight is 215 g/mol. The molecule has 0 radical (unpaired) electrons. The Labute approximate surface area is 87.4 Å². The first-order chi connectivity index (χ1) is 7.13. The Morgan fingerprint density at radius 1 is 1.33 bits per heavy atom. The fraction of sp³-hybridized carbons (Fsp3) is 0.400. The standard InChI is InChI=1S/C10H14FNO3/c1-14-9-4-7(11)10(15-2)3-6(9)8(13)5-12/h3-4,8,13H,5,12H2,1-2H3. The molecule has 84 valence electrons. The van der Waals surface area contributed by atoms with Gasteiger partial charge in [-0.1, -0.05) is 0 Å². The van der Waals surface area contributed by atoms with Crippen LogP contribution in [0, 0.1) is 5.82 Å². The lowest BCUT2D eigenvalue weighted by Crippen LogP contribution is -2.13. The highest BCUT2D eigenvalue weighted by Crippen LogP contribution is 2.31. The molecule has 0 aliphatic carbocycles. The van der Waals surface area contributed by atoms with Crippen LogP contribution in [0.1, 0.15) is 11.7 Å². The molecule has 1 aromatic rings. The van der Waals surface area contributed by atoms with Gasteiger partial charge in [-0.25, -0.2) is 4.39 Å². The van der Waals surface area contributed by atoms with Crippen molar-refractivity contribution in [3.8, 4) is 11.5 Å². The summed E-state index contributed by atoms with van der Waals surface area (Å²) in [5, 5.41) is 9.57. The lowest BCUT2D eigenvalue weighted by Gasteiger charge is -2.14. The van der Waals surface area contributed by atoms with E-state index in [1.807, 2.05) is 0 Å². The zero-order valence-corrected chi connectivity index (χ0v) is 8.66. The van der Waals surface area contributed by atoms with Gasteiger partial charge in [0.1, 0.15) is 5.75 Å². The van der Waals surface area contributed by atoms with E-state index in [2.05, 4.69) is 0 Å². The molecule has 0 bridgehead atoms. The number of hydrogen-bond donors (Lipinski definition) is 2. The molecule has 5 heteroatoms. The van der Waals surface area contributed by atoms with E-state index in [4.69, 9.17) is 15.2 Å². The number of hydrogen-bond acceptors (Lipinski definition) is 4. The van der Waals surface area contributed by atoms with Crippen molar-refractivity contribution in [1.29, 1.82) is 0 Å². The second-order valence-electron chi connectivity index (χ2n) is 2.98. The molecule has 3 N–H and O–H groups in total. The van der Waals surface area contributed by atoms with E-state index in [-0.39, 0.29) is 18.0 Å². The van der Waals surface area contributed by atoms with Crippen LogP contribution >= 0.6 is 0 Å². The molecule has 0 spiro atoms. The minimum absolute atomic E-state index is 0.0329. The quantitative estimate of drug-likeness (QED) is 0.781. The molecule has 0 aromatic heterocycles. The molecule has 1 unspecified atom stereocenters. The molecule has 0 amide bonds. The van der Waals surface area contributed by atoms with E-state index in [1.54, 1.807) is 0 Å². The highest BCUT2D eigenvalue weighted by molar-refractivity contribution is 5.42. The van der Waals surface area contributed by atoms with Crippen LogP contribution in [0.3, 0.4) is 0 Å². The monoisotopic (exact) mass is 215 g/mol. The second kappa shape index (κ2) is 4.95. The second-order valence-corrected chi connectivity index (χ2v) is 2.98. The van der Waals surface area contributed by atoms with E-state index >= 15 is 0 Å². The normalized spacial score (nSPS) is 12.3. The summed E-state index contributed by atoms with van der Waals surface area (Å²) in [6.45, 7) is 0.0329. The van der Waals surface area contributed by atoms with E-state index in [0.29, 0.717) is 5.56 Å². The summed E-state index contributed by atoms with van der Waals surface area (Å²) in [6.07, 6.45) is -0.894. The summed E-state index contributed by atoms with van der Waals surface area (Å²) >= 11 is 0. The molecule has 1 aromatic carbocycles. The maximum atomic E-state index is 13.3. The maximum Gasteiger partial charge on any atom is 0.168 e. The van der Waals surface area contributed by atoms with Gasteiger partial charge in [0.25, 0.3) is 0 Å². The number of halogens is 1. The van der Waals surface area contributed by atoms with Gasteiger partial charge in [-0.2, -0.15) is 0 Å². The van der Waals surface area contributed by atoms with Gasteiger partial charge in [-0.3, -0.25) is 0 Å². The minimum atomic E-state index is -0.894. The van der Waals surface area contributed by atoms with Crippen LogP contribution in [0.2, 0.25) is 0 Å². The third-order valence-electron chi connectivity index (χ3n) is 2.09. The van der Waals surface area contributed by atoms with Crippen molar-refractivity contribution in [3.63, 3.8) is 0 Å². The molecule has 15 heavy (non-hydrogen) atoms. The maximum absolute atomic E-state index is 13.3. The minimum Gasteiger partial charge on any atom is -0.496 e. The molecule has 0 aliphatic rings. The van der Waals surface area contributed by atoms with Gasteiger partial charge in [-0.05, 0) is 6.07 Å². The number of ether oxygens (including phenoxy) is 2. The summed E-state index contributed by atoms with van der Waals surface area (Å²) in [7, 11) is 2.75. The fourth-order valence-corrected chi connectivity index (χ4v) is 1.27. The van der Waals surface area contributed by atoms with Crippen LogP contribution in [0.15, 0.2) is 12.1 Å². The van der Waals surface area contributed by atoms with Crippen LogP contribution in [0.4, 0.5) is 4.39 Å². The zero-order chi connectivity index (χ0) is 11.4. The molecule has 0 fully saturated rings. The first-order valence-corrected chi connectivity index (χ1v) is 4.43. The predicted molar refractivity (Wildman–Crippen MR) is 53.5 cm³/mol. The topological polar surface area (TPSA) is 64.7 Å². The summed E-state index contributed by atoms with van der Waals surface area (Å²) in [6, 6.07) is 2.54. The van der Waals surface area contributed by atoms with Crippen LogP contribution in [-0.2, 0) is 0 Å². The SMILES string of the molecule is COc1cc(C(O)CN)c(OC)cc1F. The Kier molecular flexibility index (Phi) is 3.88. The molecule has 4 nitrogen and oxygen atoms in total. The lowest BCUT2D eigenvalue weighted by molar-refractivity contribution is 0.181. The predicted octanol–water partition coefficient (Wildman–Crippen LogP) is 0.835. The van der Waals surface area contributed by atoms with Crippen molar-refractivity contribution in [2.24, 2.45) is 5.73 Å². The number of methoxy groups -OCH3 is 2. The Bertz CT molecular complexity index is 344. The van der Waals surface area contributed by atoms with Gasteiger partial charge in [0.15, 0.2) is 11.6 Å². The van der Waals surface area contributed by atoms with Crippen molar-refractivity contribution in [2.75, 3.05) is 20.8 Å². The number of aliphatic hydroxyl groups excluding tert-OH is 1. The fourth-order valence-electron chi connectivity index (χ4n) is 1.27. The van der Waals surface area contributed by atoms with Gasteiger partial charge in [0, 0.05) is 18.2 Å². The molecular formula is C10H14FNO3. The number of rotatable bonds is 4. The Hall–Kier alpha value is -1.33. The molecule has 0 saturated carbocycles. The number of aliphatic hydroxyl groups is 1. The van der Waals surface area contributed by atoms with Gasteiger partial charge < -0.3 is 20.3 Å². The zero-order valence-electron chi connectivity index (χ0n) is 8.66. The van der Waals surface area contributed by atoms with Crippen LogP contribution in [0.5, 0.6) is 11.5 Å². The summed E-state index contributed by atoms with van der Waals surface area (Å²) in [4.78, 5) is 0. The first kappa shape index (κ1) is 11.7. The Balaban J connectivity index is 3.22. The lowest BCUT2D eigenvalue weighted by atomic mass is 10.1. The highest BCUT2D eigenvalue weighted by atomic mass is 19.1. The van der Waals surface area contributed by atoms with Crippen molar-refractivity contribution in [1.82, 2.24) is 0 Å². The van der Waals surface area contributed by atoms with E-state index in [9.17, 15) is 9.50 Å². The number of nitrogens with two attached hydrogens (primary N) is 1. The summed E-state index contributed by atoms with van der Waals surface area (Å²) in [5.74, 6) is -0.230. The highest BCUT2D eigenvalue weighted by Gasteiger charge is 2.16. The molecule has 1 rings (SSSR count). The Morgan fingerprint density at radius 2 is 1.93 bits per heavy atom. The smallest absolute Gasteiger partial charge is 0.168 e. The molecule has 1 atom stereocenters. The third-order valence-corrected chi connectivity index (χ3v) is 2.09. The summed E-state index contributed by atoms with van der Waals surface area (Å²) in [5.41, 5.74) is 5.73. The molecule has 0 heterocycles. The first-order valence-electron chi connectivity index (χ1n) is 4.43. The number of benzene rings is 1. The van der Waals surface area contributed by atoms with Crippen LogP contribution < -0.4 is 15.2 Å². The van der Waals surface area contributed by atoms with Crippen LogP contribution in [-0.4, -0.2) is 25.9 Å². The van der Waals surface area contributed by atoms with E-state index < -0.39 is 11.9 Å². The van der Waals surface area contributed by atoms with Crippen molar-refractivity contribution < 1.29 is 19.0 Å². The van der Waals surface area contributed by atoms with Gasteiger partial charge in [0.2, 0.25) is 0 Å². The van der Waals surface area contributed by atoms with Gasteiger partial charge in [0.05, 0.1) is 20.3 Å². The third kappa shape index (κ3) is 2.37. The average Bonchev–Trinajstić information content (AvgIpc) is 2.27. The van der Waals surface area contributed by atoms with E-state index in [1.165, 1.54) is 20.3 Å². The summed E-state index contributed by atoms with van der Waals surface area (Å²) < 4.78 is 23.0. The van der Waals surface area contributed by atoms with Crippen molar-refractivity contribution in [2.45, 2.75) is 6.10 Å². The van der Waals surface area contributed by atoms with Gasteiger partial charge in [-0.15, -0.1) is 0 Å². The van der Waals surface area contributed by atoms with Gasteiger partial charge >= 0.3 is 0 Å². The van der Waals surface area contributed by atoms with E-state index in [0.717, 1.165) is 6.07 Å². The van der Waals surface area contributed by atoms with Crippen molar-refractivity contribution >= 4 is 0 Å². The molecular weight excluding hydrogens is 201 g/mol. The van der Waals surface area contributed by atoms with Crippen LogP contribution in [0.25, 0.3) is 0 Å². The molecule has 0 aliphatic heterocycles.